The summed E-state index contributed by atoms with van der Waals surface area (Å²) in [5, 5.41) is 10.3. The number of aromatic nitrogens is 7. The van der Waals surface area contributed by atoms with E-state index in [0.717, 1.165) is 87.9 Å². The molecule has 0 unspecified atom stereocenters. The van der Waals surface area contributed by atoms with Gasteiger partial charge in [-0.1, -0.05) is 194 Å². The Hall–Kier alpha value is -10.3. The molecule has 1 aliphatic rings. The smallest absolute Gasteiger partial charge is 0.162 e. The van der Waals surface area contributed by atoms with E-state index in [1.165, 1.54) is 64.0 Å². The summed E-state index contributed by atoms with van der Waals surface area (Å²) >= 11 is 9.85. The maximum atomic E-state index is 6.46. The van der Waals surface area contributed by atoms with Crippen LogP contribution in [0, 0.1) is 0 Å². The number of benzene rings is 10. The molecule has 7 nitrogen and oxygen atoms in total. The lowest BCUT2D eigenvalue weighted by Gasteiger charge is -2.11. The van der Waals surface area contributed by atoms with Crippen LogP contribution in [0.3, 0.4) is 0 Å². The van der Waals surface area contributed by atoms with Gasteiger partial charge in [0.15, 0.2) is 22.6 Å². The summed E-state index contributed by atoms with van der Waals surface area (Å²) in [6.07, 6.45) is 8.31. The number of nitrogens with zero attached hydrogens (tertiary/aromatic N) is 7. The summed E-state index contributed by atoms with van der Waals surface area (Å²) in [6.45, 7) is 0. The van der Waals surface area contributed by atoms with Gasteiger partial charge in [0.05, 0.1) is 31.5 Å². The minimum atomic E-state index is 0.504. The van der Waals surface area contributed by atoms with Crippen molar-refractivity contribution in [2.24, 2.45) is 0 Å². The molecular weight excluding hydrogens is 1100 g/mol. The molecule has 7 heterocycles. The van der Waals surface area contributed by atoms with Gasteiger partial charge in [-0.15, -0.1) is 22.7 Å². The summed E-state index contributed by atoms with van der Waals surface area (Å²) < 4.78 is 6.74. The molecule has 0 saturated heterocycles. The SMILES string of the molecule is Clc1nc(-c2ccc(-c3ccncc3)cc2)nc2c1sc1ccccc12.c1ccc2c(c1)Cc1cc3ccccc3cc1-2.c1ccc2cc3c(cc2c1)c1ccccc1n3-c1nc(-c2ccc(-c3ccncc3)cc2)nc2c1sc1ccccc12. The first-order valence-corrected chi connectivity index (χ1v) is 30.1. The topological polar surface area (TPSA) is 82.3 Å². The van der Waals surface area contributed by atoms with Gasteiger partial charge in [-0.05, 0) is 133 Å². The lowest BCUT2D eigenvalue weighted by molar-refractivity contribution is 1.08. The molecule has 0 radical (unpaired) electrons. The van der Waals surface area contributed by atoms with Crippen LogP contribution in [0.1, 0.15) is 11.1 Å². The average molecular weight is 1140 g/mol. The largest absolute Gasteiger partial charge is 0.292 e. The normalized spacial score (nSPS) is 11.8. The van der Waals surface area contributed by atoms with Crippen LogP contribution < -0.4 is 0 Å². The van der Waals surface area contributed by atoms with Gasteiger partial charge in [0, 0.05) is 66.9 Å². The van der Waals surface area contributed by atoms with E-state index in [4.69, 9.17) is 26.6 Å². The van der Waals surface area contributed by atoms with Crippen LogP contribution >= 0.6 is 34.3 Å². The molecule has 7 aromatic heterocycles. The van der Waals surface area contributed by atoms with Crippen LogP contribution in [0.4, 0.5) is 0 Å². The Labute approximate surface area is 501 Å². The Morgan fingerprint density at radius 2 is 0.812 bits per heavy atom. The first-order chi connectivity index (χ1) is 42.0. The van der Waals surface area contributed by atoms with Crippen molar-refractivity contribution < 1.29 is 0 Å². The number of para-hydroxylation sites is 1. The van der Waals surface area contributed by atoms with Crippen molar-refractivity contribution in [2.75, 3.05) is 0 Å². The van der Waals surface area contributed by atoms with Crippen molar-refractivity contribution in [1.82, 2.24) is 34.5 Å². The predicted molar refractivity (Wildman–Crippen MR) is 356 cm³/mol. The molecule has 10 aromatic carbocycles. The van der Waals surface area contributed by atoms with E-state index >= 15 is 0 Å². The van der Waals surface area contributed by atoms with Crippen LogP contribution in [0.15, 0.2) is 267 Å². The molecule has 17 aromatic rings. The third kappa shape index (κ3) is 9.13. The van der Waals surface area contributed by atoms with Crippen LogP contribution in [0.25, 0.3) is 146 Å². The number of thiophene rings is 2. The molecule has 400 valence electrons. The third-order valence-electron chi connectivity index (χ3n) is 16.1. The zero-order valence-electron chi connectivity index (χ0n) is 45.4. The van der Waals surface area contributed by atoms with Gasteiger partial charge >= 0.3 is 0 Å². The van der Waals surface area contributed by atoms with Crippen molar-refractivity contribution in [1.29, 1.82) is 0 Å². The quantitative estimate of drug-likeness (QED) is 0.160. The fourth-order valence-corrected chi connectivity index (χ4v) is 14.4. The van der Waals surface area contributed by atoms with Gasteiger partial charge in [-0.2, -0.15) is 0 Å². The summed E-state index contributed by atoms with van der Waals surface area (Å²) in [5.41, 5.74) is 16.4. The number of pyridine rings is 2. The molecule has 0 fully saturated rings. The molecule has 0 spiro atoms. The highest BCUT2D eigenvalue weighted by Gasteiger charge is 2.22. The second-order valence-corrected chi connectivity index (χ2v) is 23.6. The minimum absolute atomic E-state index is 0.504. The van der Waals surface area contributed by atoms with E-state index in [1.54, 1.807) is 35.1 Å². The van der Waals surface area contributed by atoms with Gasteiger partial charge in [0.2, 0.25) is 0 Å². The third-order valence-corrected chi connectivity index (χ3v) is 18.8. The molecule has 10 heteroatoms. The number of fused-ring (bicyclic) bond motifs is 14. The van der Waals surface area contributed by atoms with Crippen molar-refractivity contribution in [2.45, 2.75) is 6.42 Å². The molecule has 85 heavy (non-hydrogen) atoms. The van der Waals surface area contributed by atoms with Crippen molar-refractivity contribution >= 4 is 118 Å². The van der Waals surface area contributed by atoms with E-state index in [-0.39, 0.29) is 0 Å². The molecule has 0 amide bonds. The Morgan fingerprint density at radius 1 is 0.341 bits per heavy atom. The van der Waals surface area contributed by atoms with Gasteiger partial charge in [0.1, 0.15) is 0 Å². The standard InChI is InChI=1S/C37H22N4S.C21H12ClN3S.C17H12/c1-2-8-27-22-32-30(21-26(27)7-1)28-9-3-5-11-31(28)41(32)37-35-34(29-10-4-6-12-33(29)42-35)39-36(40-37)25-15-13-23(14-16-25)24-17-19-38-20-18-24;22-20-19-18(16-3-1-2-4-17(16)26-19)24-21(25-20)15-7-5-13(6-8-15)14-9-11-23-12-10-14;1-2-6-13-11-17-15(9-12(13)5-1)10-14-7-3-4-8-16(14)17/h1-22H;1-12H;1-9,11H,10H2. The van der Waals surface area contributed by atoms with E-state index in [1.807, 2.05) is 60.9 Å². The summed E-state index contributed by atoms with van der Waals surface area (Å²) in [5.74, 6) is 2.28. The first kappa shape index (κ1) is 50.4. The molecule has 0 saturated carbocycles. The molecule has 0 atom stereocenters. The molecule has 18 rings (SSSR count). The molecule has 1 aliphatic carbocycles. The van der Waals surface area contributed by atoms with E-state index in [0.29, 0.717) is 16.8 Å². The lowest BCUT2D eigenvalue weighted by atomic mass is 10.0. The van der Waals surface area contributed by atoms with E-state index < -0.39 is 0 Å². The van der Waals surface area contributed by atoms with Crippen molar-refractivity contribution in [3.63, 3.8) is 0 Å². The number of hydrogen-bond acceptors (Lipinski definition) is 8. The Morgan fingerprint density at radius 3 is 1.45 bits per heavy atom. The number of hydrogen-bond donors (Lipinski definition) is 0. The maximum Gasteiger partial charge on any atom is 0.162 e. The lowest BCUT2D eigenvalue weighted by Crippen LogP contribution is -2.01. The second kappa shape index (κ2) is 21.2. The molecule has 0 bridgehead atoms. The average Bonchev–Trinajstić information content (AvgIpc) is 1.85. The van der Waals surface area contributed by atoms with Crippen LogP contribution in [-0.4, -0.2) is 34.5 Å². The minimum Gasteiger partial charge on any atom is -0.292 e. The van der Waals surface area contributed by atoms with Crippen molar-refractivity contribution in [3.05, 3.63) is 284 Å². The van der Waals surface area contributed by atoms with Gasteiger partial charge in [-0.25, -0.2) is 19.9 Å². The van der Waals surface area contributed by atoms with E-state index in [9.17, 15) is 0 Å². The molecule has 0 aliphatic heterocycles. The maximum absolute atomic E-state index is 6.46. The highest BCUT2D eigenvalue weighted by atomic mass is 35.5. The monoisotopic (exact) mass is 1140 g/mol. The van der Waals surface area contributed by atoms with Crippen LogP contribution in [-0.2, 0) is 6.42 Å². The number of halogens is 1. The first-order valence-electron chi connectivity index (χ1n) is 28.1. The zero-order chi connectivity index (χ0) is 56.4. The molecular formula is C75H46ClN7S2. The summed E-state index contributed by atoms with van der Waals surface area (Å²) in [7, 11) is 0. The summed E-state index contributed by atoms with van der Waals surface area (Å²) in [4.78, 5) is 28.1. The highest BCUT2D eigenvalue weighted by Crippen LogP contribution is 2.43. The Bertz CT molecular complexity index is 5410. The van der Waals surface area contributed by atoms with Crippen LogP contribution in [0.2, 0.25) is 5.15 Å². The fraction of sp³-hybridized carbons (Fsp3) is 0.0133. The number of rotatable bonds is 5. The van der Waals surface area contributed by atoms with Gasteiger partial charge in [0.25, 0.3) is 0 Å². The van der Waals surface area contributed by atoms with Crippen molar-refractivity contribution in [3.8, 4) is 62.0 Å². The van der Waals surface area contributed by atoms with E-state index in [2.05, 4.69) is 214 Å². The summed E-state index contributed by atoms with van der Waals surface area (Å²) in [6, 6.07) is 85.3. The fourth-order valence-electron chi connectivity index (χ4n) is 12.0. The van der Waals surface area contributed by atoms with Crippen LogP contribution in [0.5, 0.6) is 0 Å². The zero-order valence-corrected chi connectivity index (χ0v) is 47.8. The van der Waals surface area contributed by atoms with Gasteiger partial charge in [-0.3, -0.25) is 14.5 Å². The Kier molecular flexibility index (Phi) is 12.6. The van der Waals surface area contributed by atoms with Gasteiger partial charge < -0.3 is 0 Å². The second-order valence-electron chi connectivity index (χ2n) is 21.1. The highest BCUT2D eigenvalue weighted by molar-refractivity contribution is 7.26. The Balaban J connectivity index is 0.000000116. The predicted octanol–water partition coefficient (Wildman–Crippen LogP) is 20.5. The molecule has 0 N–H and O–H groups in total.